The lowest BCUT2D eigenvalue weighted by atomic mass is 9.88. The van der Waals surface area contributed by atoms with Crippen LogP contribution in [0.1, 0.15) is 23.1 Å². The third-order valence-electron chi connectivity index (χ3n) is 3.74. The lowest BCUT2D eigenvalue weighted by Gasteiger charge is -2.23. The molecule has 1 N–H and O–H groups in total. The second kappa shape index (κ2) is 5.54. The van der Waals surface area contributed by atoms with Crippen molar-refractivity contribution in [2.45, 2.75) is 12.0 Å². The maximum absolute atomic E-state index is 14.1. The van der Waals surface area contributed by atoms with Gasteiger partial charge >= 0.3 is 0 Å². The SMILES string of the molecule is CNC(c1cc(Br)ccc1F)C1COc2ccccc21. The Labute approximate surface area is 126 Å². The minimum Gasteiger partial charge on any atom is -0.493 e. The Kier molecular flexibility index (Phi) is 3.76. The van der Waals surface area contributed by atoms with Crippen molar-refractivity contribution < 1.29 is 9.13 Å². The predicted octanol–water partition coefficient (Wildman–Crippen LogP) is 4.02. The average Bonchev–Trinajstić information content (AvgIpc) is 2.88. The van der Waals surface area contributed by atoms with Gasteiger partial charge < -0.3 is 10.1 Å². The maximum Gasteiger partial charge on any atom is 0.128 e. The standard InChI is InChI=1S/C16H15BrFNO/c1-19-16(12-8-10(17)6-7-14(12)18)13-9-20-15-5-3-2-4-11(13)15/h2-8,13,16,19H,9H2,1H3. The number of nitrogens with one attached hydrogen (secondary N) is 1. The highest BCUT2D eigenvalue weighted by Crippen LogP contribution is 2.41. The summed E-state index contributed by atoms with van der Waals surface area (Å²) >= 11 is 3.41. The molecule has 0 aromatic heterocycles. The molecular weight excluding hydrogens is 321 g/mol. The summed E-state index contributed by atoms with van der Waals surface area (Å²) in [6, 6.07) is 12.9. The van der Waals surface area contributed by atoms with Crippen LogP contribution in [-0.4, -0.2) is 13.7 Å². The molecule has 1 aliphatic heterocycles. The van der Waals surface area contributed by atoms with Crippen LogP contribution in [-0.2, 0) is 0 Å². The fourth-order valence-corrected chi connectivity index (χ4v) is 3.17. The van der Waals surface area contributed by atoms with Gasteiger partial charge in [-0.1, -0.05) is 34.1 Å². The zero-order valence-corrected chi connectivity index (χ0v) is 12.7. The molecule has 20 heavy (non-hydrogen) atoms. The molecular formula is C16H15BrFNO. The smallest absolute Gasteiger partial charge is 0.128 e. The lowest BCUT2D eigenvalue weighted by molar-refractivity contribution is 0.302. The van der Waals surface area contributed by atoms with Crippen LogP contribution in [0.25, 0.3) is 0 Å². The van der Waals surface area contributed by atoms with Crippen molar-refractivity contribution in [1.29, 1.82) is 0 Å². The minimum absolute atomic E-state index is 0.111. The Morgan fingerprint density at radius 3 is 2.90 bits per heavy atom. The molecule has 0 saturated carbocycles. The Bertz CT molecular complexity index is 632. The van der Waals surface area contributed by atoms with Gasteiger partial charge in [0.1, 0.15) is 11.6 Å². The molecule has 3 rings (SSSR count). The normalized spacial score (nSPS) is 18.4. The van der Waals surface area contributed by atoms with Crippen LogP contribution in [0.4, 0.5) is 4.39 Å². The van der Waals surface area contributed by atoms with Crippen LogP contribution < -0.4 is 10.1 Å². The molecule has 0 spiro atoms. The number of fused-ring (bicyclic) bond motifs is 1. The van der Waals surface area contributed by atoms with Crippen LogP contribution in [0, 0.1) is 5.82 Å². The zero-order chi connectivity index (χ0) is 14.1. The molecule has 4 heteroatoms. The Morgan fingerprint density at radius 1 is 1.30 bits per heavy atom. The highest BCUT2D eigenvalue weighted by atomic mass is 79.9. The van der Waals surface area contributed by atoms with E-state index in [1.165, 1.54) is 6.07 Å². The van der Waals surface area contributed by atoms with Crippen molar-refractivity contribution in [3.05, 3.63) is 63.9 Å². The zero-order valence-electron chi connectivity index (χ0n) is 11.1. The minimum atomic E-state index is -0.197. The molecule has 1 heterocycles. The fraction of sp³-hybridized carbons (Fsp3) is 0.250. The molecule has 2 atom stereocenters. The molecule has 0 aliphatic carbocycles. The summed E-state index contributed by atoms with van der Waals surface area (Å²) in [7, 11) is 1.85. The summed E-state index contributed by atoms with van der Waals surface area (Å²) in [6.45, 7) is 0.566. The van der Waals surface area contributed by atoms with Crippen molar-refractivity contribution >= 4 is 15.9 Å². The first kappa shape index (κ1) is 13.6. The largest absolute Gasteiger partial charge is 0.493 e. The van der Waals surface area contributed by atoms with Crippen LogP contribution in [0.5, 0.6) is 5.75 Å². The van der Waals surface area contributed by atoms with Gasteiger partial charge in [0.05, 0.1) is 6.61 Å². The predicted molar refractivity (Wildman–Crippen MR) is 80.6 cm³/mol. The van der Waals surface area contributed by atoms with Crippen molar-refractivity contribution in [2.75, 3.05) is 13.7 Å². The summed E-state index contributed by atoms with van der Waals surface area (Å²) in [5.41, 5.74) is 1.79. The van der Waals surface area contributed by atoms with Crippen molar-refractivity contribution in [3.63, 3.8) is 0 Å². The number of rotatable bonds is 3. The van der Waals surface area contributed by atoms with E-state index >= 15 is 0 Å². The lowest BCUT2D eigenvalue weighted by Crippen LogP contribution is -2.25. The summed E-state index contributed by atoms with van der Waals surface area (Å²) in [5.74, 6) is 0.810. The van der Waals surface area contributed by atoms with E-state index in [-0.39, 0.29) is 17.8 Å². The number of hydrogen-bond donors (Lipinski definition) is 1. The molecule has 2 nitrogen and oxygen atoms in total. The van der Waals surface area contributed by atoms with Crippen molar-refractivity contribution in [1.82, 2.24) is 5.32 Å². The molecule has 1 aliphatic rings. The van der Waals surface area contributed by atoms with Crippen LogP contribution in [0.3, 0.4) is 0 Å². The average molecular weight is 336 g/mol. The van der Waals surface area contributed by atoms with Gasteiger partial charge in [-0.3, -0.25) is 0 Å². The molecule has 0 amide bonds. The Hall–Kier alpha value is -1.39. The molecule has 0 fully saturated rings. The Balaban J connectivity index is 2.01. The molecule has 0 radical (unpaired) electrons. The molecule has 104 valence electrons. The second-order valence-electron chi connectivity index (χ2n) is 4.89. The fourth-order valence-electron chi connectivity index (χ4n) is 2.79. The van der Waals surface area contributed by atoms with E-state index in [0.717, 1.165) is 15.8 Å². The van der Waals surface area contributed by atoms with E-state index in [1.807, 2.05) is 37.4 Å². The third-order valence-corrected chi connectivity index (χ3v) is 4.24. The van der Waals surface area contributed by atoms with Gasteiger partial charge in [0.15, 0.2) is 0 Å². The number of hydrogen-bond acceptors (Lipinski definition) is 2. The van der Waals surface area contributed by atoms with Gasteiger partial charge in [0, 0.05) is 27.6 Å². The van der Waals surface area contributed by atoms with Crippen molar-refractivity contribution in [2.24, 2.45) is 0 Å². The molecule has 0 saturated heterocycles. The number of halogens is 2. The number of benzene rings is 2. The first-order valence-electron chi connectivity index (χ1n) is 6.54. The monoisotopic (exact) mass is 335 g/mol. The van der Waals surface area contributed by atoms with E-state index < -0.39 is 0 Å². The van der Waals surface area contributed by atoms with Gasteiger partial charge in [-0.05, 0) is 31.3 Å². The van der Waals surface area contributed by atoms with E-state index in [4.69, 9.17) is 4.74 Å². The second-order valence-corrected chi connectivity index (χ2v) is 5.80. The van der Waals surface area contributed by atoms with Gasteiger partial charge in [-0.15, -0.1) is 0 Å². The molecule has 2 unspecified atom stereocenters. The van der Waals surface area contributed by atoms with Gasteiger partial charge in [0.25, 0.3) is 0 Å². The summed E-state index contributed by atoms with van der Waals surface area (Å²) in [6.07, 6.45) is 0. The number of likely N-dealkylation sites (N-methyl/N-ethyl adjacent to an activating group) is 1. The van der Waals surface area contributed by atoms with Gasteiger partial charge in [-0.25, -0.2) is 4.39 Å². The number of para-hydroxylation sites is 1. The van der Waals surface area contributed by atoms with E-state index in [9.17, 15) is 4.39 Å². The summed E-state index contributed by atoms with van der Waals surface area (Å²) < 4.78 is 20.7. The number of ether oxygens (including phenoxy) is 1. The quantitative estimate of drug-likeness (QED) is 0.914. The highest BCUT2D eigenvalue weighted by molar-refractivity contribution is 9.10. The van der Waals surface area contributed by atoms with E-state index in [0.29, 0.717) is 12.2 Å². The van der Waals surface area contributed by atoms with E-state index in [1.54, 1.807) is 6.07 Å². The first-order valence-corrected chi connectivity index (χ1v) is 7.34. The van der Waals surface area contributed by atoms with Crippen LogP contribution in [0.15, 0.2) is 46.9 Å². The topological polar surface area (TPSA) is 21.3 Å². The van der Waals surface area contributed by atoms with E-state index in [2.05, 4.69) is 21.2 Å². The van der Waals surface area contributed by atoms with Crippen molar-refractivity contribution in [3.8, 4) is 5.75 Å². The molecule has 0 bridgehead atoms. The maximum atomic E-state index is 14.1. The van der Waals surface area contributed by atoms with Crippen LogP contribution >= 0.6 is 15.9 Å². The summed E-state index contributed by atoms with van der Waals surface area (Å²) in [5, 5.41) is 3.23. The summed E-state index contributed by atoms with van der Waals surface area (Å²) in [4.78, 5) is 0. The highest BCUT2D eigenvalue weighted by Gasteiger charge is 2.32. The third kappa shape index (κ3) is 2.34. The first-order chi connectivity index (χ1) is 9.70. The Morgan fingerprint density at radius 2 is 2.10 bits per heavy atom. The van der Waals surface area contributed by atoms with Gasteiger partial charge in [0.2, 0.25) is 0 Å². The van der Waals surface area contributed by atoms with Crippen LogP contribution in [0.2, 0.25) is 0 Å². The molecule has 2 aromatic carbocycles. The molecule has 2 aromatic rings. The van der Waals surface area contributed by atoms with Gasteiger partial charge in [-0.2, -0.15) is 0 Å².